The normalized spacial score (nSPS) is 12.1. The summed E-state index contributed by atoms with van der Waals surface area (Å²) in [5, 5.41) is 3.20. The summed E-state index contributed by atoms with van der Waals surface area (Å²) in [7, 11) is 4.03. The highest BCUT2D eigenvalue weighted by atomic mass is 16.6. The molecule has 260 valence electrons. The van der Waals surface area contributed by atoms with Gasteiger partial charge in [0.2, 0.25) is 0 Å². The van der Waals surface area contributed by atoms with Gasteiger partial charge in [-0.2, -0.15) is 0 Å². The molecular weight excluding hydrogens is 572 g/mol. The highest BCUT2D eigenvalue weighted by Gasteiger charge is 2.15. The Hall–Kier alpha value is -1.87. The second-order valence-corrected chi connectivity index (χ2v) is 10.9. The minimum absolute atomic E-state index is 0.194. The van der Waals surface area contributed by atoms with Crippen LogP contribution in [0.15, 0.2) is 0 Å². The smallest absolute Gasteiger partial charge is 0.307 e. The molecule has 13 nitrogen and oxygen atoms in total. The Morgan fingerprint density at radius 2 is 1.27 bits per heavy atom. The van der Waals surface area contributed by atoms with E-state index in [1.54, 1.807) is 6.92 Å². The summed E-state index contributed by atoms with van der Waals surface area (Å²) < 4.78 is 32.2. The monoisotopic (exact) mass is 634 g/mol. The molecule has 0 aromatic rings. The van der Waals surface area contributed by atoms with E-state index in [2.05, 4.69) is 15.1 Å². The lowest BCUT2D eigenvalue weighted by Crippen LogP contribution is -2.32. The van der Waals surface area contributed by atoms with Gasteiger partial charge in [0, 0.05) is 39.3 Å². The van der Waals surface area contributed by atoms with E-state index >= 15 is 0 Å². The fraction of sp³-hybridized carbons (Fsp3) is 0.903. The fourth-order valence-corrected chi connectivity index (χ4v) is 3.83. The highest BCUT2D eigenvalue weighted by molar-refractivity contribution is 5.70. The standard InChI is InChI=1S/C31H62N4O9/c1-5-20-42-30(37)10-18-35(17-8-16-34(3)4)19-11-31(38)44-28(2)12-23-43-29(36)9-15-33-14-7-22-40-25-27-41-26-24-39-21-6-13-32/h28,33H,5-27,32H2,1-4H3. The van der Waals surface area contributed by atoms with E-state index in [1.807, 2.05) is 21.0 Å². The molecule has 13 heteroatoms. The molecule has 0 saturated heterocycles. The van der Waals surface area contributed by atoms with Gasteiger partial charge < -0.3 is 49.3 Å². The van der Waals surface area contributed by atoms with Crippen molar-refractivity contribution in [2.75, 3.05) is 113 Å². The lowest BCUT2D eigenvalue weighted by atomic mass is 10.2. The first-order valence-electron chi connectivity index (χ1n) is 16.3. The van der Waals surface area contributed by atoms with Gasteiger partial charge in [-0.3, -0.25) is 14.4 Å². The number of esters is 3. The lowest BCUT2D eigenvalue weighted by Gasteiger charge is -2.23. The Morgan fingerprint density at radius 3 is 1.91 bits per heavy atom. The lowest BCUT2D eigenvalue weighted by molar-refractivity contribution is -0.150. The number of rotatable bonds is 32. The van der Waals surface area contributed by atoms with E-state index in [0.29, 0.717) is 85.3 Å². The molecule has 0 saturated carbocycles. The number of ether oxygens (including phenoxy) is 6. The van der Waals surface area contributed by atoms with E-state index in [-0.39, 0.29) is 43.5 Å². The van der Waals surface area contributed by atoms with Gasteiger partial charge >= 0.3 is 17.9 Å². The van der Waals surface area contributed by atoms with Crippen molar-refractivity contribution in [3.8, 4) is 0 Å². The predicted octanol–water partition coefficient (Wildman–Crippen LogP) is 1.61. The minimum Gasteiger partial charge on any atom is -0.466 e. The van der Waals surface area contributed by atoms with E-state index in [0.717, 1.165) is 45.3 Å². The molecule has 0 spiro atoms. The first kappa shape index (κ1) is 42.1. The Balaban J connectivity index is 3.86. The van der Waals surface area contributed by atoms with E-state index in [9.17, 15) is 14.4 Å². The number of hydrogen-bond donors (Lipinski definition) is 2. The number of nitrogens with zero attached hydrogens (tertiary/aromatic N) is 2. The SMILES string of the molecule is CCCOC(=O)CCN(CCCN(C)C)CCC(=O)OC(C)CCOC(=O)CCNCCCOCCOCCOCCCN. The number of nitrogens with one attached hydrogen (secondary N) is 1. The molecule has 44 heavy (non-hydrogen) atoms. The molecule has 0 heterocycles. The van der Waals surface area contributed by atoms with Crippen LogP contribution in [0.2, 0.25) is 0 Å². The number of hydrogen-bond acceptors (Lipinski definition) is 13. The summed E-state index contributed by atoms with van der Waals surface area (Å²) in [4.78, 5) is 40.5. The zero-order valence-electron chi connectivity index (χ0n) is 28.0. The zero-order valence-corrected chi connectivity index (χ0v) is 28.0. The maximum absolute atomic E-state index is 12.4. The quantitative estimate of drug-likeness (QED) is 0.0627. The molecule has 0 aromatic heterocycles. The van der Waals surface area contributed by atoms with Gasteiger partial charge in [0.25, 0.3) is 0 Å². The first-order valence-corrected chi connectivity index (χ1v) is 16.3. The van der Waals surface area contributed by atoms with Gasteiger partial charge in [0.05, 0.1) is 58.9 Å². The van der Waals surface area contributed by atoms with Crippen molar-refractivity contribution >= 4 is 17.9 Å². The Labute approximate surface area is 265 Å². The third kappa shape index (κ3) is 30.2. The summed E-state index contributed by atoms with van der Waals surface area (Å²) in [6, 6.07) is 0. The molecular formula is C31H62N4O9. The van der Waals surface area contributed by atoms with Crippen molar-refractivity contribution in [3.05, 3.63) is 0 Å². The van der Waals surface area contributed by atoms with Gasteiger partial charge in [0.15, 0.2) is 0 Å². The maximum atomic E-state index is 12.4. The molecule has 0 fully saturated rings. The predicted molar refractivity (Wildman–Crippen MR) is 169 cm³/mol. The summed E-state index contributed by atoms with van der Waals surface area (Å²) in [6.45, 7) is 12.5. The summed E-state index contributed by atoms with van der Waals surface area (Å²) >= 11 is 0. The van der Waals surface area contributed by atoms with Crippen LogP contribution in [0.4, 0.5) is 0 Å². The van der Waals surface area contributed by atoms with Gasteiger partial charge in [-0.05, 0) is 72.9 Å². The highest BCUT2D eigenvalue weighted by Crippen LogP contribution is 2.05. The minimum atomic E-state index is -0.361. The van der Waals surface area contributed by atoms with Gasteiger partial charge in [0.1, 0.15) is 6.10 Å². The summed E-state index contributed by atoms with van der Waals surface area (Å²) in [5.74, 6) is -0.813. The summed E-state index contributed by atoms with van der Waals surface area (Å²) in [6.07, 6.45) is 4.28. The molecule has 0 aromatic carbocycles. The second kappa shape index (κ2) is 31.1. The molecule has 0 amide bonds. The zero-order chi connectivity index (χ0) is 32.7. The number of carbonyl (C=O) groups is 3. The fourth-order valence-electron chi connectivity index (χ4n) is 3.83. The maximum Gasteiger partial charge on any atom is 0.307 e. The van der Waals surface area contributed by atoms with Crippen LogP contribution in [0.25, 0.3) is 0 Å². The molecule has 0 bridgehead atoms. The van der Waals surface area contributed by atoms with E-state index < -0.39 is 0 Å². The van der Waals surface area contributed by atoms with Crippen LogP contribution in [0.5, 0.6) is 0 Å². The van der Waals surface area contributed by atoms with Crippen molar-refractivity contribution in [2.24, 2.45) is 5.73 Å². The molecule has 1 unspecified atom stereocenters. The van der Waals surface area contributed by atoms with Gasteiger partial charge in [-0.25, -0.2) is 0 Å². The second-order valence-electron chi connectivity index (χ2n) is 10.9. The third-order valence-corrected chi connectivity index (χ3v) is 6.32. The van der Waals surface area contributed by atoms with Crippen LogP contribution < -0.4 is 11.1 Å². The van der Waals surface area contributed by atoms with Crippen molar-refractivity contribution in [1.29, 1.82) is 0 Å². The van der Waals surface area contributed by atoms with Crippen molar-refractivity contribution < 1.29 is 42.8 Å². The average Bonchev–Trinajstić information content (AvgIpc) is 2.98. The summed E-state index contributed by atoms with van der Waals surface area (Å²) in [5.41, 5.74) is 5.40. The first-order chi connectivity index (χ1) is 21.3. The Bertz CT molecular complexity index is 701. The largest absolute Gasteiger partial charge is 0.466 e. The Morgan fingerprint density at radius 1 is 0.682 bits per heavy atom. The van der Waals surface area contributed by atoms with E-state index in [4.69, 9.17) is 34.2 Å². The molecule has 3 N–H and O–H groups in total. The molecule has 1 atom stereocenters. The van der Waals surface area contributed by atoms with Crippen LogP contribution in [0.3, 0.4) is 0 Å². The van der Waals surface area contributed by atoms with Crippen LogP contribution in [-0.4, -0.2) is 147 Å². The molecule has 0 aliphatic heterocycles. The molecule has 0 radical (unpaired) electrons. The van der Waals surface area contributed by atoms with Crippen molar-refractivity contribution in [2.45, 2.75) is 71.3 Å². The van der Waals surface area contributed by atoms with Crippen LogP contribution in [-0.2, 0) is 42.8 Å². The number of carbonyl (C=O) groups excluding carboxylic acids is 3. The Kier molecular flexibility index (Phi) is 29.8. The molecule has 0 aliphatic carbocycles. The van der Waals surface area contributed by atoms with Crippen LogP contribution in [0, 0.1) is 0 Å². The average molecular weight is 635 g/mol. The van der Waals surface area contributed by atoms with Crippen molar-refractivity contribution in [1.82, 2.24) is 15.1 Å². The topological polar surface area (TPSA) is 151 Å². The van der Waals surface area contributed by atoms with Crippen LogP contribution in [0.1, 0.15) is 65.2 Å². The third-order valence-electron chi connectivity index (χ3n) is 6.32. The molecule has 0 aliphatic rings. The molecule has 0 rings (SSSR count). The van der Waals surface area contributed by atoms with Gasteiger partial charge in [-0.15, -0.1) is 0 Å². The van der Waals surface area contributed by atoms with Crippen LogP contribution >= 0.6 is 0 Å². The number of nitrogens with two attached hydrogens (primary N) is 1. The van der Waals surface area contributed by atoms with Gasteiger partial charge in [-0.1, -0.05) is 6.92 Å². The van der Waals surface area contributed by atoms with E-state index in [1.165, 1.54) is 0 Å². The van der Waals surface area contributed by atoms with Crippen molar-refractivity contribution in [3.63, 3.8) is 0 Å².